The van der Waals surface area contributed by atoms with Crippen LogP contribution in [0.15, 0.2) is 61.1 Å². The lowest BCUT2D eigenvalue weighted by molar-refractivity contribution is -0.153. The summed E-state index contributed by atoms with van der Waals surface area (Å²) in [6.07, 6.45) is -0.827. The molecule has 0 bridgehead atoms. The SMILES string of the molecule is Cl.O=C(c1cnccc1C(F)(F)F)N1CCCC(Oc2ccc(Cl)c(F)c2)(C(=O)N2CCN(c3ccccn3)CC2)C1. The molecule has 2 saturated heterocycles. The van der Waals surface area contributed by atoms with E-state index in [4.69, 9.17) is 16.3 Å². The summed E-state index contributed by atoms with van der Waals surface area (Å²) in [6, 6.07) is 10.0. The van der Waals surface area contributed by atoms with Crippen LogP contribution in [-0.2, 0) is 11.0 Å². The van der Waals surface area contributed by atoms with E-state index in [0.29, 0.717) is 26.2 Å². The predicted octanol–water partition coefficient (Wildman–Crippen LogP) is 5.11. The van der Waals surface area contributed by atoms with E-state index in [1.807, 2.05) is 23.1 Å². The molecule has 42 heavy (non-hydrogen) atoms. The Morgan fingerprint density at radius 2 is 1.74 bits per heavy atom. The second kappa shape index (κ2) is 12.7. The number of benzene rings is 1. The smallest absolute Gasteiger partial charge is 0.417 e. The summed E-state index contributed by atoms with van der Waals surface area (Å²) in [7, 11) is 0. The van der Waals surface area contributed by atoms with E-state index in [0.717, 1.165) is 30.3 Å². The van der Waals surface area contributed by atoms with Crippen LogP contribution in [0.3, 0.4) is 0 Å². The second-order valence-corrected chi connectivity index (χ2v) is 10.3. The fourth-order valence-corrected chi connectivity index (χ4v) is 5.33. The molecule has 224 valence electrons. The van der Waals surface area contributed by atoms with E-state index in [9.17, 15) is 27.2 Å². The molecule has 0 N–H and O–H groups in total. The van der Waals surface area contributed by atoms with E-state index in [-0.39, 0.29) is 49.1 Å². The summed E-state index contributed by atoms with van der Waals surface area (Å²) >= 11 is 5.82. The number of pyridine rings is 2. The lowest BCUT2D eigenvalue weighted by Crippen LogP contribution is -2.64. The predicted molar refractivity (Wildman–Crippen MR) is 149 cm³/mol. The number of halogens is 6. The maximum absolute atomic E-state index is 14.3. The minimum absolute atomic E-state index is 0. The zero-order valence-electron chi connectivity index (χ0n) is 22.2. The van der Waals surface area contributed by atoms with Gasteiger partial charge in [-0.3, -0.25) is 14.6 Å². The molecule has 1 aromatic carbocycles. The molecule has 0 spiro atoms. The molecule has 8 nitrogen and oxygen atoms in total. The number of amides is 2. The van der Waals surface area contributed by atoms with Crippen molar-refractivity contribution in [2.75, 3.05) is 44.2 Å². The van der Waals surface area contributed by atoms with Crippen molar-refractivity contribution in [1.29, 1.82) is 0 Å². The van der Waals surface area contributed by atoms with Crippen molar-refractivity contribution in [1.82, 2.24) is 19.8 Å². The summed E-state index contributed by atoms with van der Waals surface area (Å²) in [4.78, 5) is 40.4. The Balaban J connectivity index is 0.00000405. The molecule has 2 amide bonds. The standard InChI is InChI=1S/C28H26ClF4N5O3.ClH/c29-22-6-5-19(16-23(22)30)41-27(26(40)37-14-12-36(13-15-37)24-4-1-2-9-35-24)8-3-11-38(18-27)25(39)20-17-34-10-7-21(20)28(31,32)33;/h1-2,4-7,9-10,16-17H,3,8,11-15,18H2;1H. The highest BCUT2D eigenvalue weighted by atomic mass is 35.5. The molecule has 2 fully saturated rings. The van der Waals surface area contributed by atoms with Crippen LogP contribution in [-0.4, -0.2) is 76.5 Å². The number of ether oxygens (including phenoxy) is 1. The number of aromatic nitrogens is 2. The maximum Gasteiger partial charge on any atom is 0.417 e. The highest BCUT2D eigenvalue weighted by Gasteiger charge is 2.49. The van der Waals surface area contributed by atoms with Crippen molar-refractivity contribution in [2.45, 2.75) is 24.6 Å². The van der Waals surface area contributed by atoms with Gasteiger partial charge >= 0.3 is 6.18 Å². The lowest BCUT2D eigenvalue weighted by Gasteiger charge is -2.45. The lowest BCUT2D eigenvalue weighted by atomic mass is 9.89. The van der Waals surface area contributed by atoms with Gasteiger partial charge in [0.1, 0.15) is 17.4 Å². The molecular formula is C28H27Cl2F4N5O3. The number of likely N-dealkylation sites (tertiary alicyclic amines) is 1. The normalized spacial score (nSPS) is 19.2. The van der Waals surface area contributed by atoms with Crippen LogP contribution >= 0.6 is 24.0 Å². The van der Waals surface area contributed by atoms with Crippen molar-refractivity contribution >= 4 is 41.6 Å². The van der Waals surface area contributed by atoms with Crippen molar-refractivity contribution in [2.24, 2.45) is 0 Å². The third kappa shape index (κ3) is 6.54. The molecule has 4 heterocycles. The molecule has 0 saturated carbocycles. The Kier molecular flexibility index (Phi) is 9.47. The zero-order chi connectivity index (χ0) is 29.2. The van der Waals surface area contributed by atoms with Crippen molar-refractivity contribution in [3.05, 3.63) is 83.0 Å². The third-order valence-corrected chi connectivity index (χ3v) is 7.54. The Hall–Kier alpha value is -3.64. The molecule has 2 aliphatic heterocycles. The van der Waals surface area contributed by atoms with Gasteiger partial charge in [0.15, 0.2) is 0 Å². The van der Waals surface area contributed by atoms with E-state index >= 15 is 0 Å². The van der Waals surface area contributed by atoms with E-state index in [1.54, 1.807) is 11.1 Å². The molecule has 1 atom stereocenters. The Labute approximate surface area is 250 Å². The van der Waals surface area contributed by atoms with Crippen molar-refractivity contribution in [3.63, 3.8) is 0 Å². The van der Waals surface area contributed by atoms with Crippen LogP contribution in [0.25, 0.3) is 0 Å². The number of nitrogens with zero attached hydrogens (tertiary/aromatic N) is 5. The van der Waals surface area contributed by atoms with Crippen LogP contribution < -0.4 is 9.64 Å². The van der Waals surface area contributed by atoms with Crippen LogP contribution in [0, 0.1) is 5.82 Å². The Morgan fingerprint density at radius 1 is 0.976 bits per heavy atom. The van der Waals surface area contributed by atoms with E-state index in [1.165, 1.54) is 17.0 Å². The number of rotatable bonds is 5. The summed E-state index contributed by atoms with van der Waals surface area (Å²) in [5.41, 5.74) is -3.40. The van der Waals surface area contributed by atoms with Crippen molar-refractivity contribution < 1.29 is 31.9 Å². The van der Waals surface area contributed by atoms with Gasteiger partial charge in [0.05, 0.1) is 22.7 Å². The second-order valence-electron chi connectivity index (χ2n) is 9.89. The third-order valence-electron chi connectivity index (χ3n) is 7.23. The fourth-order valence-electron chi connectivity index (χ4n) is 5.21. The molecule has 2 aliphatic rings. The van der Waals surface area contributed by atoms with Crippen molar-refractivity contribution in [3.8, 4) is 5.75 Å². The van der Waals surface area contributed by atoms with Crippen LogP contribution in [0.5, 0.6) is 5.75 Å². The largest absolute Gasteiger partial charge is 0.475 e. The number of carbonyl (C=O) groups is 2. The first kappa shape index (κ1) is 31.3. The Morgan fingerprint density at radius 3 is 2.40 bits per heavy atom. The average molecular weight is 628 g/mol. The molecule has 3 aromatic rings. The summed E-state index contributed by atoms with van der Waals surface area (Å²) in [5.74, 6) is -1.33. The first-order valence-electron chi connectivity index (χ1n) is 13.0. The summed E-state index contributed by atoms with van der Waals surface area (Å²) in [5, 5.41) is -0.139. The van der Waals surface area contributed by atoms with Gasteiger partial charge in [-0.15, -0.1) is 12.4 Å². The molecule has 2 aromatic heterocycles. The number of piperazine rings is 1. The van der Waals surface area contributed by atoms with Gasteiger partial charge in [-0.2, -0.15) is 13.2 Å². The van der Waals surface area contributed by atoms with Gasteiger partial charge in [0.25, 0.3) is 11.8 Å². The van der Waals surface area contributed by atoms with Gasteiger partial charge in [0.2, 0.25) is 5.60 Å². The fraction of sp³-hybridized carbons (Fsp3) is 0.357. The minimum atomic E-state index is -4.78. The zero-order valence-corrected chi connectivity index (χ0v) is 23.8. The highest BCUT2D eigenvalue weighted by Crippen LogP contribution is 2.35. The number of carbonyl (C=O) groups excluding carboxylic acids is 2. The minimum Gasteiger partial charge on any atom is -0.475 e. The van der Waals surface area contributed by atoms with E-state index in [2.05, 4.69) is 9.97 Å². The number of alkyl halides is 3. The highest BCUT2D eigenvalue weighted by molar-refractivity contribution is 6.30. The average Bonchev–Trinajstić information content (AvgIpc) is 2.98. The summed E-state index contributed by atoms with van der Waals surface area (Å²) in [6.45, 7) is 1.39. The number of hydrogen-bond donors (Lipinski definition) is 0. The topological polar surface area (TPSA) is 78.9 Å². The quantitative estimate of drug-likeness (QED) is 0.366. The number of piperidine rings is 1. The van der Waals surface area contributed by atoms with Gasteiger partial charge in [-0.25, -0.2) is 9.37 Å². The Bertz CT molecular complexity index is 1420. The monoisotopic (exact) mass is 627 g/mol. The van der Waals surface area contributed by atoms with Gasteiger partial charge in [0, 0.05) is 57.4 Å². The maximum atomic E-state index is 14.3. The summed E-state index contributed by atoms with van der Waals surface area (Å²) < 4.78 is 61.5. The number of anilines is 1. The van der Waals surface area contributed by atoms with E-state index < -0.39 is 40.5 Å². The van der Waals surface area contributed by atoms with Crippen LogP contribution in [0.1, 0.15) is 28.8 Å². The molecule has 14 heteroatoms. The number of hydrogen-bond acceptors (Lipinski definition) is 6. The van der Waals surface area contributed by atoms with Gasteiger partial charge < -0.3 is 19.4 Å². The molecule has 0 radical (unpaired) electrons. The molecule has 5 rings (SSSR count). The van der Waals surface area contributed by atoms with Crippen LogP contribution in [0.4, 0.5) is 23.4 Å². The molecule has 0 aliphatic carbocycles. The van der Waals surface area contributed by atoms with Gasteiger partial charge in [-0.05, 0) is 43.2 Å². The molecule has 1 unspecified atom stereocenters. The van der Waals surface area contributed by atoms with Gasteiger partial charge in [-0.1, -0.05) is 17.7 Å². The van der Waals surface area contributed by atoms with Crippen LogP contribution in [0.2, 0.25) is 5.02 Å². The first-order valence-corrected chi connectivity index (χ1v) is 13.4. The molecular weight excluding hydrogens is 601 g/mol. The first-order chi connectivity index (χ1) is 19.6.